The number of carbonyl (C=O) groups is 2. The van der Waals surface area contributed by atoms with Gasteiger partial charge in [0.25, 0.3) is 0 Å². The highest BCUT2D eigenvalue weighted by atomic mass is 16.4. The fraction of sp³-hybridized carbons (Fsp3) is 0.476. The second kappa shape index (κ2) is 7.18. The van der Waals surface area contributed by atoms with Gasteiger partial charge in [0, 0.05) is 56.0 Å². The zero-order valence-corrected chi connectivity index (χ0v) is 16.7. The van der Waals surface area contributed by atoms with Gasteiger partial charge in [0.05, 0.1) is 12.0 Å². The number of hydrogen-bond donors (Lipinski definition) is 3. The third-order valence-electron chi connectivity index (χ3n) is 6.20. The summed E-state index contributed by atoms with van der Waals surface area (Å²) in [7, 11) is 0. The van der Waals surface area contributed by atoms with Crippen LogP contribution < -0.4 is 4.90 Å². The van der Waals surface area contributed by atoms with Crippen LogP contribution in [0.4, 0.5) is 5.69 Å². The number of H-pyrrole nitrogens is 1. The summed E-state index contributed by atoms with van der Waals surface area (Å²) in [6, 6.07) is 6.27. The van der Waals surface area contributed by atoms with Crippen LogP contribution >= 0.6 is 0 Å². The van der Waals surface area contributed by atoms with Crippen molar-refractivity contribution in [3.05, 3.63) is 46.3 Å². The highest BCUT2D eigenvalue weighted by molar-refractivity contribution is 5.88. The predicted octanol–water partition coefficient (Wildman–Crippen LogP) is 1.29. The molecule has 1 aromatic carbocycles. The number of anilines is 1. The lowest BCUT2D eigenvalue weighted by atomic mass is 9.95. The summed E-state index contributed by atoms with van der Waals surface area (Å²) in [4.78, 5) is 28.2. The van der Waals surface area contributed by atoms with Gasteiger partial charge in [0.2, 0.25) is 5.91 Å². The number of benzene rings is 1. The number of aromatic carboxylic acids is 1. The van der Waals surface area contributed by atoms with E-state index in [4.69, 9.17) is 0 Å². The molecule has 2 aromatic rings. The minimum absolute atomic E-state index is 0.0158. The molecular formula is C21H26N4O4. The molecule has 1 aromatic heterocycles. The minimum Gasteiger partial charge on any atom is -0.476 e. The number of carboxylic acid groups (broad SMARTS) is 1. The number of nitrogens with zero attached hydrogens (tertiary/aromatic N) is 3. The van der Waals surface area contributed by atoms with E-state index < -0.39 is 11.6 Å². The fourth-order valence-electron chi connectivity index (χ4n) is 4.43. The molecule has 0 saturated carbocycles. The number of hydrogen-bond acceptors (Lipinski definition) is 5. The number of aromatic amines is 1. The smallest absolute Gasteiger partial charge is 0.356 e. The highest BCUT2D eigenvalue weighted by Crippen LogP contribution is 2.34. The SMILES string of the molecule is Cc1cccc(N2CCN(C(=O)CC3(O)Cc4[nH]nc(C(=O)O)c4C3)CC2)c1C. The summed E-state index contributed by atoms with van der Waals surface area (Å²) in [5.41, 5.74) is 3.52. The van der Waals surface area contributed by atoms with Crippen LogP contribution in [0.15, 0.2) is 18.2 Å². The van der Waals surface area contributed by atoms with Crippen LogP contribution in [0.2, 0.25) is 0 Å². The van der Waals surface area contributed by atoms with E-state index >= 15 is 0 Å². The third kappa shape index (κ3) is 3.60. The molecule has 3 N–H and O–H groups in total. The molecule has 1 saturated heterocycles. The van der Waals surface area contributed by atoms with Gasteiger partial charge in [-0.15, -0.1) is 0 Å². The Hall–Kier alpha value is -2.87. The average molecular weight is 398 g/mol. The Labute approximate surface area is 169 Å². The maximum atomic E-state index is 12.8. The molecule has 154 valence electrons. The average Bonchev–Trinajstić information content (AvgIpc) is 3.20. The standard InChI is InChI=1S/C21H26N4O4/c1-13-4-3-5-17(14(13)2)24-6-8-25(9-7-24)18(26)12-21(29)10-15-16(11-21)22-23-19(15)20(27)28/h3-5,29H,6-12H2,1-2H3,(H,22,23)(H,27,28). The van der Waals surface area contributed by atoms with Crippen LogP contribution in [-0.4, -0.2) is 69.0 Å². The first-order valence-electron chi connectivity index (χ1n) is 9.88. The predicted molar refractivity (Wildman–Crippen MR) is 107 cm³/mol. The first-order valence-corrected chi connectivity index (χ1v) is 9.88. The third-order valence-corrected chi connectivity index (χ3v) is 6.20. The molecule has 29 heavy (non-hydrogen) atoms. The van der Waals surface area contributed by atoms with Crippen molar-refractivity contribution in [1.82, 2.24) is 15.1 Å². The molecule has 1 amide bonds. The molecule has 8 nitrogen and oxygen atoms in total. The van der Waals surface area contributed by atoms with Crippen molar-refractivity contribution in [2.24, 2.45) is 0 Å². The molecule has 0 radical (unpaired) electrons. The van der Waals surface area contributed by atoms with Gasteiger partial charge in [0.15, 0.2) is 5.69 Å². The summed E-state index contributed by atoms with van der Waals surface area (Å²) in [5.74, 6) is -1.22. The van der Waals surface area contributed by atoms with Crippen molar-refractivity contribution in [3.63, 3.8) is 0 Å². The van der Waals surface area contributed by atoms with Crippen LogP contribution in [-0.2, 0) is 17.6 Å². The quantitative estimate of drug-likeness (QED) is 0.716. The Morgan fingerprint density at radius 2 is 1.90 bits per heavy atom. The Morgan fingerprint density at radius 1 is 1.17 bits per heavy atom. The number of rotatable bonds is 4. The Bertz CT molecular complexity index is 962. The van der Waals surface area contributed by atoms with Crippen molar-refractivity contribution < 1.29 is 19.8 Å². The fourth-order valence-corrected chi connectivity index (χ4v) is 4.43. The largest absolute Gasteiger partial charge is 0.476 e. The highest BCUT2D eigenvalue weighted by Gasteiger charge is 2.42. The number of nitrogens with one attached hydrogen (secondary N) is 1. The molecule has 1 aliphatic heterocycles. The zero-order valence-electron chi connectivity index (χ0n) is 16.7. The lowest BCUT2D eigenvalue weighted by molar-refractivity contribution is -0.136. The number of aliphatic hydroxyl groups is 1. The normalized spacial score (nSPS) is 21.3. The van der Waals surface area contributed by atoms with Gasteiger partial charge in [-0.1, -0.05) is 12.1 Å². The van der Waals surface area contributed by atoms with Gasteiger partial charge in [-0.3, -0.25) is 9.89 Å². The lowest BCUT2D eigenvalue weighted by Crippen LogP contribution is -2.50. The molecular weight excluding hydrogens is 372 g/mol. The van der Waals surface area contributed by atoms with Crippen molar-refractivity contribution in [1.29, 1.82) is 0 Å². The Kier molecular flexibility index (Phi) is 4.82. The summed E-state index contributed by atoms with van der Waals surface area (Å²) < 4.78 is 0. The molecule has 8 heteroatoms. The number of carbonyl (C=O) groups excluding carboxylic acids is 1. The summed E-state index contributed by atoms with van der Waals surface area (Å²) in [5, 5.41) is 26.6. The maximum Gasteiger partial charge on any atom is 0.356 e. The molecule has 0 bridgehead atoms. The number of amides is 1. The van der Waals surface area contributed by atoms with E-state index in [9.17, 15) is 19.8 Å². The topological polar surface area (TPSA) is 110 Å². The van der Waals surface area contributed by atoms with Gasteiger partial charge in [-0.2, -0.15) is 5.10 Å². The molecule has 1 unspecified atom stereocenters. The Morgan fingerprint density at radius 3 is 2.59 bits per heavy atom. The molecule has 0 spiro atoms. The van der Waals surface area contributed by atoms with Gasteiger partial charge in [0.1, 0.15) is 0 Å². The van der Waals surface area contributed by atoms with Gasteiger partial charge < -0.3 is 20.0 Å². The summed E-state index contributed by atoms with van der Waals surface area (Å²) >= 11 is 0. The first kappa shape index (κ1) is 19.4. The van der Waals surface area contributed by atoms with Crippen molar-refractivity contribution >= 4 is 17.6 Å². The molecule has 1 atom stereocenters. The number of aryl methyl sites for hydroxylation is 1. The van der Waals surface area contributed by atoms with Crippen molar-refractivity contribution in [3.8, 4) is 0 Å². The number of carboxylic acids is 1. The first-order chi connectivity index (χ1) is 13.8. The van der Waals surface area contributed by atoms with Crippen LogP contribution in [0.3, 0.4) is 0 Å². The van der Waals surface area contributed by atoms with Crippen molar-refractivity contribution in [2.45, 2.75) is 38.7 Å². The Balaban J connectivity index is 1.37. The van der Waals surface area contributed by atoms with E-state index in [0.29, 0.717) is 24.3 Å². The van der Waals surface area contributed by atoms with E-state index in [0.717, 1.165) is 13.1 Å². The van der Waals surface area contributed by atoms with E-state index in [2.05, 4.69) is 47.1 Å². The second-order valence-corrected chi connectivity index (χ2v) is 8.18. The van der Waals surface area contributed by atoms with Gasteiger partial charge in [-0.05, 0) is 31.0 Å². The van der Waals surface area contributed by atoms with E-state index in [1.807, 2.05) is 0 Å². The molecule has 2 heterocycles. The molecule has 2 aliphatic rings. The molecule has 1 aliphatic carbocycles. The van der Waals surface area contributed by atoms with Crippen LogP contribution in [0, 0.1) is 13.8 Å². The van der Waals surface area contributed by atoms with E-state index in [1.54, 1.807) is 4.90 Å². The number of fused-ring (bicyclic) bond motifs is 1. The molecule has 1 fully saturated rings. The summed E-state index contributed by atoms with van der Waals surface area (Å²) in [6.07, 6.45) is 0.337. The van der Waals surface area contributed by atoms with Gasteiger partial charge >= 0.3 is 5.97 Å². The van der Waals surface area contributed by atoms with Gasteiger partial charge in [-0.25, -0.2) is 4.79 Å². The van der Waals surface area contributed by atoms with Crippen molar-refractivity contribution in [2.75, 3.05) is 31.1 Å². The van der Waals surface area contributed by atoms with Crippen LogP contribution in [0.25, 0.3) is 0 Å². The minimum atomic E-state index is -1.25. The second-order valence-electron chi connectivity index (χ2n) is 8.18. The van der Waals surface area contributed by atoms with Crippen LogP contribution in [0.1, 0.15) is 39.3 Å². The maximum absolute atomic E-state index is 12.8. The number of aromatic nitrogens is 2. The zero-order chi connectivity index (χ0) is 20.8. The lowest BCUT2D eigenvalue weighted by Gasteiger charge is -2.38. The monoisotopic (exact) mass is 398 g/mol. The number of piperazine rings is 1. The van der Waals surface area contributed by atoms with E-state index in [-0.39, 0.29) is 30.9 Å². The van der Waals surface area contributed by atoms with E-state index in [1.165, 1.54) is 16.8 Å². The summed E-state index contributed by atoms with van der Waals surface area (Å²) in [6.45, 7) is 6.93. The van der Waals surface area contributed by atoms with Crippen LogP contribution in [0.5, 0.6) is 0 Å². The molecule has 4 rings (SSSR count).